The molecule has 1 atom stereocenters. The maximum Gasteiger partial charge on any atom is 0.307 e. The zero-order valence-electron chi connectivity index (χ0n) is 10.3. The van der Waals surface area contributed by atoms with Crippen LogP contribution in [0.3, 0.4) is 0 Å². The zero-order chi connectivity index (χ0) is 13.8. The topological polar surface area (TPSA) is 72.5 Å². The second-order valence-corrected chi connectivity index (χ2v) is 5.40. The first kappa shape index (κ1) is 13.6. The van der Waals surface area contributed by atoms with Crippen molar-refractivity contribution < 1.29 is 19.1 Å². The van der Waals surface area contributed by atoms with Gasteiger partial charge in [-0.3, -0.25) is 14.4 Å². The van der Waals surface area contributed by atoms with Crippen LogP contribution in [0.15, 0.2) is 29.2 Å². The molecule has 6 heteroatoms. The Morgan fingerprint density at radius 1 is 1.37 bits per heavy atom. The van der Waals surface area contributed by atoms with Gasteiger partial charge in [0, 0.05) is 4.90 Å². The van der Waals surface area contributed by atoms with Crippen LogP contribution in [0.2, 0.25) is 0 Å². The van der Waals surface area contributed by atoms with Crippen LogP contribution in [0.5, 0.6) is 0 Å². The number of ketones is 1. The van der Waals surface area contributed by atoms with E-state index in [0.29, 0.717) is 0 Å². The molecule has 0 saturated carbocycles. The monoisotopic (exact) mass is 279 g/mol. The highest BCUT2D eigenvalue weighted by Gasteiger charge is 2.29. The third kappa shape index (κ3) is 3.57. The van der Waals surface area contributed by atoms with Crippen molar-refractivity contribution in [1.82, 2.24) is 0 Å². The van der Waals surface area contributed by atoms with E-state index in [-0.39, 0.29) is 24.7 Å². The van der Waals surface area contributed by atoms with E-state index in [1.54, 1.807) is 0 Å². The summed E-state index contributed by atoms with van der Waals surface area (Å²) in [5, 5.41) is 2.23. The molecule has 19 heavy (non-hydrogen) atoms. The van der Waals surface area contributed by atoms with E-state index in [0.717, 1.165) is 10.6 Å². The molecular formula is C13H13NO4S. The second kappa shape index (κ2) is 5.88. The SMILES string of the molecule is CC(=O)COC(=O)C[C@@H]1Sc2ccccc2NC1=O. The van der Waals surface area contributed by atoms with Crippen molar-refractivity contribution in [3.63, 3.8) is 0 Å². The van der Waals surface area contributed by atoms with E-state index < -0.39 is 11.2 Å². The van der Waals surface area contributed by atoms with Gasteiger partial charge in [-0.25, -0.2) is 0 Å². The zero-order valence-corrected chi connectivity index (χ0v) is 11.2. The number of rotatable bonds is 4. The largest absolute Gasteiger partial charge is 0.458 e. The van der Waals surface area contributed by atoms with Crippen LogP contribution in [0.25, 0.3) is 0 Å². The summed E-state index contributed by atoms with van der Waals surface area (Å²) in [5.41, 5.74) is 0.755. The summed E-state index contributed by atoms with van der Waals surface area (Å²) < 4.78 is 4.76. The lowest BCUT2D eigenvalue weighted by atomic mass is 10.2. The summed E-state index contributed by atoms with van der Waals surface area (Å²) in [6.45, 7) is 1.10. The minimum Gasteiger partial charge on any atom is -0.458 e. The van der Waals surface area contributed by atoms with Crippen molar-refractivity contribution in [2.24, 2.45) is 0 Å². The number of fused-ring (bicyclic) bond motifs is 1. The van der Waals surface area contributed by atoms with Crippen LogP contribution >= 0.6 is 11.8 Å². The van der Waals surface area contributed by atoms with Crippen LogP contribution in [0, 0.1) is 0 Å². The molecule has 2 rings (SSSR count). The molecular weight excluding hydrogens is 266 g/mol. The Hall–Kier alpha value is -1.82. The normalized spacial score (nSPS) is 17.3. The molecule has 1 aromatic carbocycles. The van der Waals surface area contributed by atoms with Crippen molar-refractivity contribution in [3.05, 3.63) is 24.3 Å². The number of nitrogens with one attached hydrogen (secondary N) is 1. The van der Waals surface area contributed by atoms with E-state index in [1.165, 1.54) is 18.7 Å². The Balaban J connectivity index is 1.97. The number of hydrogen-bond donors (Lipinski definition) is 1. The molecule has 1 heterocycles. The molecule has 1 aromatic rings. The number of ether oxygens (including phenoxy) is 1. The number of carbonyl (C=O) groups excluding carboxylic acids is 3. The lowest BCUT2D eigenvalue weighted by molar-refractivity contribution is -0.148. The Morgan fingerprint density at radius 2 is 2.11 bits per heavy atom. The molecule has 0 spiro atoms. The number of para-hydroxylation sites is 1. The predicted octanol–water partition coefficient (Wildman–Crippen LogP) is 1.62. The highest BCUT2D eigenvalue weighted by molar-refractivity contribution is 8.01. The van der Waals surface area contributed by atoms with Crippen molar-refractivity contribution in [2.45, 2.75) is 23.5 Å². The fourth-order valence-electron chi connectivity index (χ4n) is 1.62. The van der Waals surface area contributed by atoms with Crippen molar-refractivity contribution in [3.8, 4) is 0 Å². The molecule has 1 aliphatic rings. The lowest BCUT2D eigenvalue weighted by Crippen LogP contribution is -2.31. The van der Waals surface area contributed by atoms with Gasteiger partial charge >= 0.3 is 5.97 Å². The number of esters is 1. The molecule has 1 N–H and O–H groups in total. The van der Waals surface area contributed by atoms with Gasteiger partial charge in [-0.15, -0.1) is 11.8 Å². The minimum atomic E-state index is -0.540. The van der Waals surface area contributed by atoms with Crippen LogP contribution in [0.4, 0.5) is 5.69 Å². The maximum atomic E-state index is 11.8. The third-order valence-electron chi connectivity index (χ3n) is 2.50. The van der Waals surface area contributed by atoms with Crippen molar-refractivity contribution in [1.29, 1.82) is 0 Å². The second-order valence-electron chi connectivity index (χ2n) is 4.16. The van der Waals surface area contributed by atoms with Gasteiger partial charge in [0.1, 0.15) is 6.61 Å². The third-order valence-corrected chi connectivity index (χ3v) is 3.77. The molecule has 100 valence electrons. The van der Waals surface area contributed by atoms with Crippen LogP contribution in [-0.4, -0.2) is 29.5 Å². The van der Waals surface area contributed by atoms with Gasteiger partial charge in [-0.05, 0) is 19.1 Å². The molecule has 0 aromatic heterocycles. The van der Waals surface area contributed by atoms with Gasteiger partial charge < -0.3 is 10.1 Å². The molecule has 1 amide bonds. The van der Waals surface area contributed by atoms with E-state index in [2.05, 4.69) is 5.32 Å². The summed E-state index contributed by atoms with van der Waals surface area (Å²) in [4.78, 5) is 35.0. The maximum absolute atomic E-state index is 11.8. The molecule has 0 unspecified atom stereocenters. The average Bonchev–Trinajstić information content (AvgIpc) is 2.37. The Labute approximate surface area is 114 Å². The standard InChI is InChI=1S/C13H13NO4S/c1-8(15)7-18-12(16)6-11-13(17)14-9-4-2-3-5-10(9)19-11/h2-5,11H,6-7H2,1H3,(H,14,17)/t11-/m0/s1. The first-order chi connectivity index (χ1) is 9.06. The highest BCUT2D eigenvalue weighted by atomic mass is 32.2. The summed E-state index contributed by atoms with van der Waals surface area (Å²) in [7, 11) is 0. The number of benzene rings is 1. The molecule has 0 saturated heterocycles. The molecule has 0 aliphatic carbocycles. The highest BCUT2D eigenvalue weighted by Crippen LogP contribution is 2.36. The van der Waals surface area contributed by atoms with E-state index in [1.807, 2.05) is 24.3 Å². The fraction of sp³-hybridized carbons (Fsp3) is 0.308. The smallest absolute Gasteiger partial charge is 0.307 e. The first-order valence-corrected chi connectivity index (χ1v) is 6.66. The van der Waals surface area contributed by atoms with Crippen LogP contribution < -0.4 is 5.32 Å². The van der Waals surface area contributed by atoms with Gasteiger partial charge in [-0.1, -0.05) is 12.1 Å². The fourth-order valence-corrected chi connectivity index (χ4v) is 2.71. The summed E-state index contributed by atoms with van der Waals surface area (Å²) in [5.74, 6) is -0.981. The van der Waals surface area contributed by atoms with Crippen LogP contribution in [-0.2, 0) is 19.1 Å². The number of carbonyl (C=O) groups is 3. The predicted molar refractivity (Wildman–Crippen MR) is 71.0 cm³/mol. The summed E-state index contributed by atoms with van der Waals surface area (Å²) in [6.07, 6.45) is -0.0435. The van der Waals surface area contributed by atoms with Crippen molar-refractivity contribution >= 4 is 35.1 Å². The summed E-state index contributed by atoms with van der Waals surface area (Å²) in [6, 6.07) is 7.40. The molecule has 0 bridgehead atoms. The number of amides is 1. The minimum absolute atomic E-state index is 0.0435. The number of thioether (sulfide) groups is 1. The Kier molecular flexibility index (Phi) is 4.21. The lowest BCUT2D eigenvalue weighted by Gasteiger charge is -2.23. The number of Topliss-reactive ketones (excluding diaryl/α,β-unsaturated/α-hetero) is 1. The van der Waals surface area contributed by atoms with Gasteiger partial charge in [0.15, 0.2) is 5.78 Å². The number of anilines is 1. The van der Waals surface area contributed by atoms with Gasteiger partial charge in [0.25, 0.3) is 0 Å². The number of hydrogen-bond acceptors (Lipinski definition) is 5. The average molecular weight is 279 g/mol. The summed E-state index contributed by atoms with van der Waals surface area (Å²) >= 11 is 1.33. The molecule has 0 fully saturated rings. The van der Waals surface area contributed by atoms with Crippen molar-refractivity contribution in [2.75, 3.05) is 11.9 Å². The van der Waals surface area contributed by atoms with E-state index >= 15 is 0 Å². The van der Waals surface area contributed by atoms with Gasteiger partial charge in [-0.2, -0.15) is 0 Å². The molecule has 1 aliphatic heterocycles. The van der Waals surface area contributed by atoms with E-state index in [9.17, 15) is 14.4 Å². The van der Waals surface area contributed by atoms with Gasteiger partial charge in [0.2, 0.25) is 5.91 Å². The molecule has 0 radical (unpaired) electrons. The van der Waals surface area contributed by atoms with Gasteiger partial charge in [0.05, 0.1) is 17.4 Å². The Morgan fingerprint density at radius 3 is 2.84 bits per heavy atom. The Bertz CT molecular complexity index is 529. The quantitative estimate of drug-likeness (QED) is 0.848. The molecule has 5 nitrogen and oxygen atoms in total. The van der Waals surface area contributed by atoms with E-state index in [4.69, 9.17) is 4.74 Å². The van der Waals surface area contributed by atoms with Crippen LogP contribution in [0.1, 0.15) is 13.3 Å². The first-order valence-electron chi connectivity index (χ1n) is 5.78.